The molecule has 1 spiro atoms. The third kappa shape index (κ3) is 1.58. The standard InChI is InChI=1S/C13H17N3O2/c14-9-1-2-11-10(7-9)13(8-15-11)3-5-16(6-4-13)12(17)18/h1-2,7,15H,3-6,8,14H2,(H,17,18). The molecular weight excluding hydrogens is 230 g/mol. The van der Waals surface area contributed by atoms with Crippen LogP contribution < -0.4 is 11.1 Å². The van der Waals surface area contributed by atoms with Crippen LogP contribution in [0.3, 0.4) is 0 Å². The molecule has 96 valence electrons. The Balaban J connectivity index is 1.88. The van der Waals surface area contributed by atoms with Crippen molar-refractivity contribution in [3.05, 3.63) is 23.8 Å². The number of fused-ring (bicyclic) bond motifs is 2. The van der Waals surface area contributed by atoms with Crippen molar-refractivity contribution >= 4 is 17.5 Å². The number of carboxylic acid groups (broad SMARTS) is 1. The van der Waals surface area contributed by atoms with Crippen LogP contribution in [0.4, 0.5) is 16.2 Å². The Bertz CT molecular complexity index is 493. The van der Waals surface area contributed by atoms with Crippen molar-refractivity contribution in [1.29, 1.82) is 0 Å². The van der Waals surface area contributed by atoms with E-state index in [0.717, 1.165) is 30.8 Å². The van der Waals surface area contributed by atoms with Crippen molar-refractivity contribution < 1.29 is 9.90 Å². The Morgan fingerprint density at radius 3 is 2.78 bits per heavy atom. The molecule has 0 radical (unpaired) electrons. The first-order valence-electron chi connectivity index (χ1n) is 6.22. The van der Waals surface area contributed by atoms with Gasteiger partial charge in [-0.1, -0.05) is 0 Å². The molecule has 1 amide bonds. The van der Waals surface area contributed by atoms with Crippen LogP contribution in [0.25, 0.3) is 0 Å². The molecule has 0 unspecified atom stereocenters. The zero-order chi connectivity index (χ0) is 12.8. The summed E-state index contributed by atoms with van der Waals surface area (Å²) in [4.78, 5) is 12.4. The van der Waals surface area contributed by atoms with E-state index in [2.05, 4.69) is 5.32 Å². The molecular formula is C13H17N3O2. The van der Waals surface area contributed by atoms with Crippen LogP contribution >= 0.6 is 0 Å². The number of benzene rings is 1. The average Bonchev–Trinajstić information content (AvgIpc) is 2.69. The maximum Gasteiger partial charge on any atom is 0.407 e. The van der Waals surface area contributed by atoms with E-state index < -0.39 is 6.09 Å². The van der Waals surface area contributed by atoms with Crippen molar-refractivity contribution in [2.75, 3.05) is 30.7 Å². The van der Waals surface area contributed by atoms with Gasteiger partial charge in [0.25, 0.3) is 0 Å². The van der Waals surface area contributed by atoms with Crippen molar-refractivity contribution in [1.82, 2.24) is 4.90 Å². The molecule has 5 heteroatoms. The summed E-state index contributed by atoms with van der Waals surface area (Å²) in [5, 5.41) is 12.4. The molecule has 3 rings (SSSR count). The fourth-order valence-corrected chi connectivity index (χ4v) is 3.09. The number of nitrogens with two attached hydrogens (primary N) is 1. The number of nitrogens with zero attached hydrogens (tertiary/aromatic N) is 1. The Morgan fingerprint density at radius 2 is 2.11 bits per heavy atom. The number of hydrogen-bond acceptors (Lipinski definition) is 3. The lowest BCUT2D eigenvalue weighted by molar-refractivity contribution is 0.119. The van der Waals surface area contributed by atoms with Gasteiger partial charge in [-0.25, -0.2) is 4.79 Å². The number of nitrogen functional groups attached to an aromatic ring is 1. The zero-order valence-electron chi connectivity index (χ0n) is 10.1. The van der Waals surface area contributed by atoms with Crippen LogP contribution in [0, 0.1) is 0 Å². The molecule has 1 fully saturated rings. The largest absolute Gasteiger partial charge is 0.465 e. The summed E-state index contributed by atoms with van der Waals surface area (Å²) in [7, 11) is 0. The van der Waals surface area contributed by atoms with Gasteiger partial charge < -0.3 is 21.1 Å². The highest BCUT2D eigenvalue weighted by Gasteiger charge is 2.42. The number of carbonyl (C=O) groups is 1. The highest BCUT2D eigenvalue weighted by Crippen LogP contribution is 2.44. The van der Waals surface area contributed by atoms with E-state index in [1.807, 2.05) is 18.2 Å². The Morgan fingerprint density at radius 1 is 1.39 bits per heavy atom. The van der Waals surface area contributed by atoms with E-state index >= 15 is 0 Å². The molecule has 2 aliphatic heterocycles. The average molecular weight is 247 g/mol. The predicted molar refractivity (Wildman–Crippen MR) is 69.9 cm³/mol. The topological polar surface area (TPSA) is 78.6 Å². The summed E-state index contributed by atoms with van der Waals surface area (Å²) in [6.45, 7) is 2.09. The van der Waals surface area contributed by atoms with E-state index in [4.69, 9.17) is 10.8 Å². The van der Waals surface area contributed by atoms with Gasteiger partial charge in [0.2, 0.25) is 0 Å². The zero-order valence-corrected chi connectivity index (χ0v) is 10.1. The first kappa shape index (κ1) is 11.2. The number of anilines is 2. The van der Waals surface area contributed by atoms with Gasteiger partial charge in [-0.3, -0.25) is 0 Å². The number of hydrogen-bond donors (Lipinski definition) is 3. The third-order valence-corrected chi connectivity index (χ3v) is 4.22. The molecule has 18 heavy (non-hydrogen) atoms. The number of nitrogens with one attached hydrogen (secondary N) is 1. The second kappa shape index (κ2) is 3.80. The van der Waals surface area contributed by atoms with Crippen molar-refractivity contribution in [3.63, 3.8) is 0 Å². The summed E-state index contributed by atoms with van der Waals surface area (Å²) in [6, 6.07) is 5.95. The molecule has 0 atom stereocenters. The quantitative estimate of drug-likeness (QED) is 0.610. The van der Waals surface area contributed by atoms with E-state index in [1.54, 1.807) is 0 Å². The van der Waals surface area contributed by atoms with E-state index in [-0.39, 0.29) is 5.41 Å². The molecule has 0 aliphatic carbocycles. The van der Waals surface area contributed by atoms with Gasteiger partial charge in [0.1, 0.15) is 0 Å². The second-order valence-electron chi connectivity index (χ2n) is 5.21. The highest BCUT2D eigenvalue weighted by molar-refractivity contribution is 5.67. The van der Waals surface area contributed by atoms with Crippen molar-refractivity contribution in [2.24, 2.45) is 0 Å². The summed E-state index contributed by atoms with van der Waals surface area (Å²) in [6.07, 6.45) is 0.912. The lowest BCUT2D eigenvalue weighted by Gasteiger charge is -2.38. The van der Waals surface area contributed by atoms with Crippen molar-refractivity contribution in [2.45, 2.75) is 18.3 Å². The maximum absolute atomic E-state index is 10.9. The van der Waals surface area contributed by atoms with Gasteiger partial charge in [-0.2, -0.15) is 0 Å². The lowest BCUT2D eigenvalue weighted by atomic mass is 9.74. The van der Waals surface area contributed by atoms with Gasteiger partial charge in [0.05, 0.1) is 0 Å². The molecule has 0 saturated carbocycles. The minimum absolute atomic E-state index is 0.0661. The summed E-state index contributed by atoms with van der Waals surface area (Å²) in [5.74, 6) is 0. The molecule has 1 saturated heterocycles. The maximum atomic E-state index is 10.9. The number of rotatable bonds is 0. The molecule has 1 aromatic carbocycles. The number of likely N-dealkylation sites (tertiary alicyclic amines) is 1. The molecule has 2 aliphatic rings. The fourth-order valence-electron chi connectivity index (χ4n) is 3.09. The van der Waals surface area contributed by atoms with Gasteiger partial charge >= 0.3 is 6.09 Å². The Labute approximate surface area is 106 Å². The predicted octanol–water partition coefficient (Wildman–Crippen LogP) is 1.71. The molecule has 4 N–H and O–H groups in total. The van der Waals surface area contributed by atoms with Gasteiger partial charge in [-0.05, 0) is 36.6 Å². The minimum Gasteiger partial charge on any atom is -0.465 e. The molecule has 5 nitrogen and oxygen atoms in total. The van der Waals surface area contributed by atoms with Gasteiger partial charge in [-0.15, -0.1) is 0 Å². The van der Waals surface area contributed by atoms with Crippen LogP contribution in [0.5, 0.6) is 0 Å². The monoisotopic (exact) mass is 247 g/mol. The fraction of sp³-hybridized carbons (Fsp3) is 0.462. The van der Waals surface area contributed by atoms with E-state index in [1.165, 1.54) is 10.5 Å². The molecule has 2 heterocycles. The normalized spacial score (nSPS) is 20.6. The first-order valence-corrected chi connectivity index (χ1v) is 6.22. The summed E-state index contributed by atoms with van der Waals surface area (Å²) >= 11 is 0. The molecule has 0 bridgehead atoms. The Hall–Kier alpha value is -1.91. The van der Waals surface area contributed by atoms with Crippen LogP contribution in [0.15, 0.2) is 18.2 Å². The smallest absolute Gasteiger partial charge is 0.407 e. The van der Waals surface area contributed by atoms with Crippen molar-refractivity contribution in [3.8, 4) is 0 Å². The van der Waals surface area contributed by atoms with Gasteiger partial charge in [0, 0.05) is 36.4 Å². The van der Waals surface area contributed by atoms with Gasteiger partial charge in [0.15, 0.2) is 0 Å². The summed E-state index contributed by atoms with van der Waals surface area (Å²) < 4.78 is 0. The minimum atomic E-state index is -0.816. The number of amides is 1. The molecule has 0 aromatic heterocycles. The SMILES string of the molecule is Nc1ccc2c(c1)C1(CCN(C(=O)O)CC1)CN2. The van der Waals surface area contributed by atoms with Crippen LogP contribution in [0.2, 0.25) is 0 Å². The summed E-state index contributed by atoms with van der Waals surface area (Å²) in [5.41, 5.74) is 9.11. The van der Waals surface area contributed by atoms with Crippen LogP contribution in [0.1, 0.15) is 18.4 Å². The molecule has 1 aromatic rings. The lowest BCUT2D eigenvalue weighted by Crippen LogP contribution is -2.45. The second-order valence-corrected chi connectivity index (χ2v) is 5.21. The van der Waals surface area contributed by atoms with Crippen LogP contribution in [-0.2, 0) is 5.41 Å². The first-order chi connectivity index (χ1) is 8.61. The van der Waals surface area contributed by atoms with E-state index in [9.17, 15) is 4.79 Å². The number of piperidine rings is 1. The van der Waals surface area contributed by atoms with Crippen LogP contribution in [-0.4, -0.2) is 35.7 Å². The highest BCUT2D eigenvalue weighted by atomic mass is 16.4. The van der Waals surface area contributed by atoms with E-state index in [0.29, 0.717) is 13.1 Å². The Kier molecular flexibility index (Phi) is 2.36. The third-order valence-electron chi connectivity index (χ3n) is 4.22.